The highest BCUT2D eigenvalue weighted by Crippen LogP contribution is 2.11. The third-order valence-corrected chi connectivity index (χ3v) is 3.89. The van der Waals surface area contributed by atoms with Gasteiger partial charge < -0.3 is 9.63 Å². The fourth-order valence-corrected chi connectivity index (χ4v) is 2.45. The highest BCUT2D eigenvalue weighted by Gasteiger charge is 2.20. The Bertz CT molecular complexity index is 1090. The van der Waals surface area contributed by atoms with Crippen LogP contribution in [0.15, 0.2) is 38.4 Å². The molecule has 0 unspecified atom stereocenters. The predicted molar refractivity (Wildman–Crippen MR) is 93.8 cm³/mol. The van der Waals surface area contributed by atoms with Crippen LogP contribution in [-0.2, 0) is 17.8 Å². The molecule has 10 nitrogen and oxygen atoms in total. The lowest BCUT2D eigenvalue weighted by atomic mass is 10.2. The number of carboxylic acids is 1. The summed E-state index contributed by atoms with van der Waals surface area (Å²) in [5.74, 6) is -1.03. The van der Waals surface area contributed by atoms with E-state index in [1.165, 1.54) is 0 Å². The number of benzene rings is 1. The Labute approximate surface area is 152 Å². The van der Waals surface area contributed by atoms with E-state index < -0.39 is 17.2 Å². The summed E-state index contributed by atoms with van der Waals surface area (Å²) in [7, 11) is 0. The van der Waals surface area contributed by atoms with Gasteiger partial charge >= 0.3 is 11.7 Å². The van der Waals surface area contributed by atoms with Crippen molar-refractivity contribution in [1.82, 2.24) is 24.5 Å². The molecule has 2 aromatic heterocycles. The van der Waals surface area contributed by atoms with Crippen molar-refractivity contribution >= 4 is 5.97 Å². The number of aliphatic carboxylic acids is 1. The second-order valence-corrected chi connectivity index (χ2v) is 5.83. The first-order chi connectivity index (χ1) is 12.9. The average molecular weight is 371 g/mol. The van der Waals surface area contributed by atoms with Crippen LogP contribution < -0.4 is 11.2 Å². The molecule has 2 heterocycles. The van der Waals surface area contributed by atoms with Gasteiger partial charge in [-0.05, 0) is 26.0 Å². The summed E-state index contributed by atoms with van der Waals surface area (Å²) in [6, 6.07) is 7.07. The van der Waals surface area contributed by atoms with Crippen molar-refractivity contribution in [2.45, 2.75) is 33.2 Å². The van der Waals surface area contributed by atoms with E-state index in [2.05, 4.69) is 15.2 Å². The van der Waals surface area contributed by atoms with Crippen molar-refractivity contribution in [1.29, 1.82) is 0 Å². The van der Waals surface area contributed by atoms with Crippen LogP contribution in [0.2, 0.25) is 0 Å². The molecule has 3 aromatic rings. The molecular weight excluding hydrogens is 354 g/mol. The average Bonchev–Trinajstić information content (AvgIpc) is 3.10. The molecule has 0 radical (unpaired) electrons. The zero-order chi connectivity index (χ0) is 19.6. The fraction of sp³-hybridized carbons (Fsp3) is 0.294. The van der Waals surface area contributed by atoms with E-state index in [1.807, 2.05) is 19.1 Å². The minimum Gasteiger partial charge on any atom is -0.481 e. The van der Waals surface area contributed by atoms with Gasteiger partial charge in [-0.15, -0.1) is 0 Å². The molecular formula is C17H17N5O5. The van der Waals surface area contributed by atoms with Crippen LogP contribution in [0.5, 0.6) is 0 Å². The van der Waals surface area contributed by atoms with Gasteiger partial charge in [-0.2, -0.15) is 14.8 Å². The molecule has 0 spiro atoms. The van der Waals surface area contributed by atoms with Gasteiger partial charge in [-0.1, -0.05) is 22.9 Å². The summed E-state index contributed by atoms with van der Waals surface area (Å²) in [5, 5.41) is 16.6. The van der Waals surface area contributed by atoms with Gasteiger partial charge in [0.05, 0.1) is 12.1 Å². The highest BCUT2D eigenvalue weighted by molar-refractivity contribution is 5.66. The molecule has 0 amide bonds. The van der Waals surface area contributed by atoms with E-state index in [9.17, 15) is 14.4 Å². The van der Waals surface area contributed by atoms with E-state index in [0.717, 1.165) is 14.8 Å². The number of rotatable bonds is 6. The van der Waals surface area contributed by atoms with Gasteiger partial charge in [-0.25, -0.2) is 4.79 Å². The van der Waals surface area contributed by atoms with E-state index >= 15 is 0 Å². The van der Waals surface area contributed by atoms with Crippen LogP contribution in [0.25, 0.3) is 17.2 Å². The van der Waals surface area contributed by atoms with Gasteiger partial charge in [0.1, 0.15) is 0 Å². The second kappa shape index (κ2) is 7.36. The Hall–Kier alpha value is -3.56. The molecule has 0 fully saturated rings. The number of aromatic nitrogens is 5. The van der Waals surface area contributed by atoms with Crippen molar-refractivity contribution in [3.05, 3.63) is 56.6 Å². The van der Waals surface area contributed by atoms with Gasteiger partial charge in [0.15, 0.2) is 5.69 Å². The van der Waals surface area contributed by atoms with Crippen LogP contribution in [-0.4, -0.2) is 35.6 Å². The standard InChI is InChI=1S/C17H17N5O5/c1-3-21-16(25)14(15-18-12(27-20-15)8-9-13(23)24)19-22(17(21)26)11-6-4-10(2)5-7-11/h4-7H,3,8-9H2,1-2H3,(H,23,24). The molecule has 1 N–H and O–H groups in total. The zero-order valence-corrected chi connectivity index (χ0v) is 14.7. The zero-order valence-electron chi connectivity index (χ0n) is 14.7. The molecule has 0 saturated heterocycles. The van der Waals surface area contributed by atoms with E-state index in [0.29, 0.717) is 5.69 Å². The molecule has 1 aromatic carbocycles. The summed E-state index contributed by atoms with van der Waals surface area (Å²) in [4.78, 5) is 39.9. The van der Waals surface area contributed by atoms with Crippen LogP contribution in [0.3, 0.4) is 0 Å². The van der Waals surface area contributed by atoms with E-state index in [-0.39, 0.29) is 36.8 Å². The molecule has 0 aliphatic rings. The number of carboxylic acid groups (broad SMARTS) is 1. The van der Waals surface area contributed by atoms with Crippen LogP contribution in [0.4, 0.5) is 0 Å². The first kappa shape index (κ1) is 18.2. The first-order valence-electron chi connectivity index (χ1n) is 8.26. The lowest BCUT2D eigenvalue weighted by Crippen LogP contribution is -2.41. The smallest absolute Gasteiger partial charge is 0.352 e. The van der Waals surface area contributed by atoms with Crippen molar-refractivity contribution in [2.75, 3.05) is 0 Å². The SMILES string of the molecule is CCn1c(=O)c(-c2noc(CCC(=O)O)n2)nn(-c2ccc(C)cc2)c1=O. The number of carbonyl (C=O) groups is 1. The molecule has 0 aliphatic heterocycles. The van der Waals surface area contributed by atoms with Crippen molar-refractivity contribution in [3.63, 3.8) is 0 Å². The predicted octanol–water partition coefficient (Wildman–Crippen LogP) is 0.790. The van der Waals surface area contributed by atoms with Gasteiger partial charge in [0.25, 0.3) is 5.56 Å². The maximum absolute atomic E-state index is 12.6. The molecule has 27 heavy (non-hydrogen) atoms. The molecule has 0 atom stereocenters. The minimum absolute atomic E-state index is 0.0297. The van der Waals surface area contributed by atoms with Crippen LogP contribution in [0, 0.1) is 6.92 Å². The Morgan fingerprint density at radius 1 is 1.22 bits per heavy atom. The maximum atomic E-state index is 12.6. The monoisotopic (exact) mass is 371 g/mol. The number of nitrogens with zero attached hydrogens (tertiary/aromatic N) is 5. The quantitative estimate of drug-likeness (QED) is 0.672. The topological polar surface area (TPSA) is 133 Å². The molecule has 140 valence electrons. The Morgan fingerprint density at radius 2 is 1.93 bits per heavy atom. The lowest BCUT2D eigenvalue weighted by molar-refractivity contribution is -0.137. The summed E-state index contributed by atoms with van der Waals surface area (Å²) in [5.41, 5.74) is 0.129. The van der Waals surface area contributed by atoms with Crippen molar-refractivity contribution in [3.8, 4) is 17.2 Å². The largest absolute Gasteiger partial charge is 0.481 e. The fourth-order valence-electron chi connectivity index (χ4n) is 2.45. The number of hydrogen-bond donors (Lipinski definition) is 1. The van der Waals surface area contributed by atoms with Crippen LogP contribution in [0.1, 0.15) is 24.8 Å². The summed E-state index contributed by atoms with van der Waals surface area (Å²) in [6.07, 6.45) is -0.154. The summed E-state index contributed by atoms with van der Waals surface area (Å²) < 4.78 is 7.12. The van der Waals surface area contributed by atoms with Crippen molar-refractivity contribution < 1.29 is 14.4 Å². The summed E-state index contributed by atoms with van der Waals surface area (Å²) >= 11 is 0. The van der Waals surface area contributed by atoms with Crippen LogP contribution >= 0.6 is 0 Å². The molecule has 0 saturated carbocycles. The number of hydrogen-bond acceptors (Lipinski definition) is 7. The number of aryl methyl sites for hydroxylation is 2. The normalized spacial score (nSPS) is 10.9. The third-order valence-electron chi connectivity index (χ3n) is 3.89. The Balaban J connectivity index is 2.12. The minimum atomic E-state index is -1.01. The third kappa shape index (κ3) is 3.68. The molecule has 3 rings (SSSR count). The first-order valence-corrected chi connectivity index (χ1v) is 8.26. The van der Waals surface area contributed by atoms with E-state index in [1.54, 1.807) is 19.1 Å². The van der Waals surface area contributed by atoms with E-state index in [4.69, 9.17) is 9.63 Å². The molecule has 0 aliphatic carbocycles. The van der Waals surface area contributed by atoms with Gasteiger partial charge in [0, 0.05) is 13.0 Å². The van der Waals surface area contributed by atoms with Gasteiger partial charge in [0.2, 0.25) is 11.7 Å². The van der Waals surface area contributed by atoms with Crippen molar-refractivity contribution in [2.24, 2.45) is 0 Å². The Morgan fingerprint density at radius 3 is 2.56 bits per heavy atom. The second-order valence-electron chi connectivity index (χ2n) is 5.83. The molecule has 0 bridgehead atoms. The maximum Gasteiger partial charge on any atom is 0.352 e. The summed E-state index contributed by atoms with van der Waals surface area (Å²) in [6.45, 7) is 3.72. The lowest BCUT2D eigenvalue weighted by Gasteiger charge is -2.09. The molecule has 10 heteroatoms. The Kier molecular flexibility index (Phi) is 4.97. The van der Waals surface area contributed by atoms with Gasteiger partial charge in [-0.3, -0.25) is 14.2 Å². The highest BCUT2D eigenvalue weighted by atomic mass is 16.5.